The number of nitrogens with zero attached hydrogens (tertiary/aromatic N) is 1. The first-order valence-corrected chi connectivity index (χ1v) is 9.17. The number of aromatic amines is 1. The van der Waals surface area contributed by atoms with Crippen LogP contribution in [0.25, 0.3) is 22.0 Å². The molecule has 0 amide bonds. The molecule has 0 saturated heterocycles. The number of unbranched alkanes of at least 4 members (excludes halogenated alkanes) is 1. The Morgan fingerprint density at radius 3 is 2.81 bits per heavy atom. The van der Waals surface area contributed by atoms with Crippen LogP contribution in [-0.2, 0) is 0 Å². The molecule has 6 heteroatoms. The maximum absolute atomic E-state index is 12.2. The van der Waals surface area contributed by atoms with Crippen molar-refractivity contribution in [3.8, 4) is 11.5 Å². The summed E-state index contributed by atoms with van der Waals surface area (Å²) in [4.78, 5) is 19.4. The lowest BCUT2D eigenvalue weighted by atomic mass is 10.2. The number of nitrogens with one attached hydrogen (secondary N) is 1. The molecule has 3 aromatic rings. The molecule has 1 heterocycles. The van der Waals surface area contributed by atoms with Crippen LogP contribution < -0.4 is 15.0 Å². The van der Waals surface area contributed by atoms with E-state index in [-0.39, 0.29) is 5.56 Å². The van der Waals surface area contributed by atoms with E-state index in [1.807, 2.05) is 24.3 Å². The summed E-state index contributed by atoms with van der Waals surface area (Å²) in [5.74, 6) is 1.64. The average molecular weight is 385 g/mol. The summed E-state index contributed by atoms with van der Waals surface area (Å²) >= 11 is 6.41. The number of para-hydroxylation sites is 1. The van der Waals surface area contributed by atoms with Crippen molar-refractivity contribution in [3.05, 3.63) is 64.2 Å². The number of rotatable bonds is 7. The van der Waals surface area contributed by atoms with Crippen LogP contribution in [0.2, 0.25) is 0 Å². The molecule has 0 radical (unpaired) electrons. The van der Waals surface area contributed by atoms with Crippen LogP contribution in [0, 0.1) is 0 Å². The third kappa shape index (κ3) is 4.49. The Bertz CT molecular complexity index is 1030. The van der Waals surface area contributed by atoms with Gasteiger partial charge in [-0.3, -0.25) is 4.79 Å². The van der Waals surface area contributed by atoms with Crippen LogP contribution in [0.3, 0.4) is 0 Å². The van der Waals surface area contributed by atoms with Gasteiger partial charge >= 0.3 is 0 Å². The van der Waals surface area contributed by atoms with Gasteiger partial charge in [-0.25, -0.2) is 4.98 Å². The number of hydrogen-bond donors (Lipinski definition) is 1. The summed E-state index contributed by atoms with van der Waals surface area (Å²) in [6, 6.07) is 12.7. The Morgan fingerprint density at radius 2 is 2.04 bits per heavy atom. The molecule has 27 heavy (non-hydrogen) atoms. The normalized spacial score (nSPS) is 11.6. The molecule has 0 atom stereocenters. The average Bonchev–Trinajstić information content (AvgIpc) is 2.69. The smallest absolute Gasteiger partial charge is 0.259 e. The monoisotopic (exact) mass is 384 g/mol. The van der Waals surface area contributed by atoms with Gasteiger partial charge in [0.1, 0.15) is 0 Å². The molecular formula is C21H21ClN2O3. The van der Waals surface area contributed by atoms with Gasteiger partial charge in [0.05, 0.1) is 29.7 Å². The summed E-state index contributed by atoms with van der Waals surface area (Å²) in [5.41, 5.74) is 1.19. The summed E-state index contributed by atoms with van der Waals surface area (Å²) in [6.45, 7) is 2.76. The minimum absolute atomic E-state index is 0.223. The summed E-state index contributed by atoms with van der Waals surface area (Å²) in [6.07, 6.45) is 3.78. The molecule has 5 nitrogen and oxygen atoms in total. The molecule has 3 rings (SSSR count). The quantitative estimate of drug-likeness (QED) is 0.591. The largest absolute Gasteiger partial charge is 0.493 e. The topological polar surface area (TPSA) is 64.2 Å². The first kappa shape index (κ1) is 19.0. The molecule has 0 bridgehead atoms. The van der Waals surface area contributed by atoms with Gasteiger partial charge in [0.25, 0.3) is 5.56 Å². The number of methoxy groups -OCH3 is 1. The predicted molar refractivity (Wildman–Crippen MR) is 109 cm³/mol. The van der Waals surface area contributed by atoms with Gasteiger partial charge in [-0.15, -0.1) is 0 Å². The van der Waals surface area contributed by atoms with Crippen molar-refractivity contribution < 1.29 is 9.47 Å². The molecule has 0 aliphatic heterocycles. The Morgan fingerprint density at radius 1 is 1.22 bits per heavy atom. The van der Waals surface area contributed by atoms with Crippen molar-refractivity contribution in [2.24, 2.45) is 0 Å². The van der Waals surface area contributed by atoms with Crippen LogP contribution in [0.5, 0.6) is 11.5 Å². The number of halogens is 1. The Kier molecular flexibility index (Phi) is 6.14. The van der Waals surface area contributed by atoms with Crippen LogP contribution >= 0.6 is 11.6 Å². The van der Waals surface area contributed by atoms with Crippen molar-refractivity contribution in [3.63, 3.8) is 0 Å². The fourth-order valence-corrected chi connectivity index (χ4v) is 2.85. The SMILES string of the molecule is CCCCOc1ccc(/C=C(\Cl)c2nc3ccccc3c(=O)[nH]2)cc1OC. The van der Waals surface area contributed by atoms with E-state index in [4.69, 9.17) is 21.1 Å². The fraction of sp³-hybridized carbons (Fsp3) is 0.238. The summed E-state index contributed by atoms with van der Waals surface area (Å²) < 4.78 is 11.1. The number of fused-ring (bicyclic) bond motifs is 1. The van der Waals surface area contributed by atoms with Crippen molar-refractivity contribution in [1.82, 2.24) is 9.97 Å². The second kappa shape index (κ2) is 8.73. The highest BCUT2D eigenvalue weighted by Crippen LogP contribution is 2.30. The third-order valence-electron chi connectivity index (χ3n) is 4.08. The minimum atomic E-state index is -0.223. The van der Waals surface area contributed by atoms with Gasteiger partial charge in [0.2, 0.25) is 0 Å². The molecule has 0 spiro atoms. The van der Waals surface area contributed by atoms with Gasteiger partial charge < -0.3 is 14.5 Å². The number of hydrogen-bond acceptors (Lipinski definition) is 4. The maximum atomic E-state index is 12.2. The molecule has 2 aromatic carbocycles. The van der Waals surface area contributed by atoms with E-state index in [2.05, 4.69) is 16.9 Å². The van der Waals surface area contributed by atoms with Crippen molar-refractivity contribution in [2.75, 3.05) is 13.7 Å². The molecular weight excluding hydrogens is 364 g/mol. The Balaban J connectivity index is 1.90. The highest BCUT2D eigenvalue weighted by molar-refractivity contribution is 6.50. The first-order valence-electron chi connectivity index (χ1n) is 8.80. The van der Waals surface area contributed by atoms with Crippen LogP contribution in [0.15, 0.2) is 47.3 Å². The Hall–Kier alpha value is -2.79. The van der Waals surface area contributed by atoms with Gasteiger partial charge in [-0.05, 0) is 42.3 Å². The van der Waals surface area contributed by atoms with Crippen molar-refractivity contribution in [1.29, 1.82) is 0 Å². The first-order chi connectivity index (χ1) is 13.1. The number of ether oxygens (including phenoxy) is 2. The molecule has 0 saturated carbocycles. The molecule has 0 unspecified atom stereocenters. The highest BCUT2D eigenvalue weighted by atomic mass is 35.5. The van der Waals surface area contributed by atoms with E-state index in [1.54, 1.807) is 31.4 Å². The van der Waals surface area contributed by atoms with Crippen LogP contribution in [0.1, 0.15) is 31.2 Å². The highest BCUT2D eigenvalue weighted by Gasteiger charge is 2.09. The van der Waals surface area contributed by atoms with Gasteiger partial charge in [-0.2, -0.15) is 0 Å². The molecule has 0 fully saturated rings. The number of H-pyrrole nitrogens is 1. The predicted octanol–water partition coefficient (Wildman–Crippen LogP) is 4.85. The van der Waals surface area contributed by atoms with E-state index < -0.39 is 0 Å². The minimum Gasteiger partial charge on any atom is -0.493 e. The van der Waals surface area contributed by atoms with Gasteiger partial charge in [0, 0.05) is 0 Å². The van der Waals surface area contributed by atoms with E-state index in [0.717, 1.165) is 18.4 Å². The van der Waals surface area contributed by atoms with Crippen LogP contribution in [-0.4, -0.2) is 23.7 Å². The number of benzene rings is 2. The fourth-order valence-electron chi connectivity index (χ4n) is 2.63. The maximum Gasteiger partial charge on any atom is 0.259 e. The van der Waals surface area contributed by atoms with E-state index in [0.29, 0.717) is 39.9 Å². The zero-order valence-corrected chi connectivity index (χ0v) is 16.0. The zero-order chi connectivity index (χ0) is 19.2. The number of aromatic nitrogens is 2. The molecule has 140 valence electrons. The molecule has 1 aromatic heterocycles. The van der Waals surface area contributed by atoms with Gasteiger partial charge in [-0.1, -0.05) is 43.1 Å². The zero-order valence-electron chi connectivity index (χ0n) is 15.3. The molecule has 0 aliphatic rings. The molecule has 1 N–H and O–H groups in total. The lowest BCUT2D eigenvalue weighted by molar-refractivity contribution is 0.288. The van der Waals surface area contributed by atoms with Crippen LogP contribution in [0.4, 0.5) is 0 Å². The van der Waals surface area contributed by atoms with Gasteiger partial charge in [0.15, 0.2) is 17.3 Å². The third-order valence-corrected chi connectivity index (χ3v) is 4.36. The van der Waals surface area contributed by atoms with E-state index in [1.165, 1.54) is 0 Å². The lowest BCUT2D eigenvalue weighted by Crippen LogP contribution is -2.10. The summed E-state index contributed by atoms with van der Waals surface area (Å²) in [7, 11) is 1.60. The Labute approximate surface area is 162 Å². The summed E-state index contributed by atoms with van der Waals surface area (Å²) in [5, 5.41) is 0.862. The van der Waals surface area contributed by atoms with E-state index >= 15 is 0 Å². The second-order valence-corrected chi connectivity index (χ2v) is 6.44. The van der Waals surface area contributed by atoms with Crippen molar-refractivity contribution >= 4 is 33.6 Å². The van der Waals surface area contributed by atoms with E-state index in [9.17, 15) is 4.79 Å². The second-order valence-electron chi connectivity index (χ2n) is 6.04. The molecule has 0 aliphatic carbocycles. The standard InChI is InChI=1S/C21H21ClN2O3/c1-3-4-11-27-18-10-9-14(13-19(18)26-2)12-16(22)20-23-17-8-6-5-7-15(17)21(25)24-20/h5-10,12-13H,3-4,11H2,1-2H3,(H,23,24,25)/b16-12-. The van der Waals surface area contributed by atoms with Crippen molar-refractivity contribution in [2.45, 2.75) is 19.8 Å². The lowest BCUT2D eigenvalue weighted by Gasteiger charge is -2.11.